The minimum Gasteiger partial charge on any atom is -0.296 e. The van der Waals surface area contributed by atoms with Crippen LogP contribution in [0.15, 0.2) is 70.4 Å². The molecule has 0 atom stereocenters. The number of carbonyl (C=O) groups excluding carboxylic acids is 1. The highest BCUT2D eigenvalue weighted by Gasteiger charge is 2.31. The SMILES string of the molecule is C=CCSc1nnc(NC(=O)c2cccc(S(=O)(=O)N3CCc4ccccc43)c2)s1. The van der Waals surface area contributed by atoms with Gasteiger partial charge in [-0.05, 0) is 36.2 Å². The summed E-state index contributed by atoms with van der Waals surface area (Å²) in [6.07, 6.45) is 2.42. The van der Waals surface area contributed by atoms with Crippen LogP contribution in [0.25, 0.3) is 0 Å². The van der Waals surface area contributed by atoms with Crippen molar-refractivity contribution in [3.05, 3.63) is 72.3 Å². The van der Waals surface area contributed by atoms with Crippen LogP contribution in [0, 0.1) is 0 Å². The van der Waals surface area contributed by atoms with E-state index in [0.717, 1.165) is 5.56 Å². The molecule has 1 amide bonds. The average molecular weight is 459 g/mol. The Morgan fingerprint density at radius 3 is 2.90 bits per heavy atom. The Hall–Kier alpha value is -2.69. The molecule has 1 aliphatic heterocycles. The van der Waals surface area contributed by atoms with E-state index in [1.807, 2.05) is 18.2 Å². The average Bonchev–Trinajstić information content (AvgIpc) is 3.39. The maximum atomic E-state index is 13.2. The van der Waals surface area contributed by atoms with Gasteiger partial charge in [0.2, 0.25) is 5.13 Å². The standard InChI is InChI=1S/C20H18N4O3S3/c1-2-12-28-20-23-22-19(29-20)21-18(25)15-7-5-8-16(13-15)30(26,27)24-11-10-14-6-3-4-9-17(14)24/h2-9,13H,1,10-12H2,(H,21,22,25). The van der Waals surface area contributed by atoms with Gasteiger partial charge in [-0.3, -0.25) is 14.4 Å². The smallest absolute Gasteiger partial charge is 0.264 e. The largest absolute Gasteiger partial charge is 0.296 e. The molecule has 0 saturated carbocycles. The second kappa shape index (κ2) is 8.58. The summed E-state index contributed by atoms with van der Waals surface area (Å²) in [6, 6.07) is 13.5. The molecule has 2 aromatic carbocycles. The number of thioether (sulfide) groups is 1. The summed E-state index contributed by atoms with van der Waals surface area (Å²) in [5, 5.41) is 11.0. The molecule has 10 heteroatoms. The third-order valence-corrected chi connectivity index (χ3v) is 8.26. The quantitative estimate of drug-likeness (QED) is 0.329. The van der Waals surface area contributed by atoms with Crippen LogP contribution < -0.4 is 9.62 Å². The van der Waals surface area contributed by atoms with E-state index in [-0.39, 0.29) is 10.5 Å². The van der Waals surface area contributed by atoms with Gasteiger partial charge in [-0.1, -0.05) is 53.4 Å². The molecule has 0 radical (unpaired) electrons. The molecule has 0 spiro atoms. The molecule has 2 heterocycles. The Kier molecular flexibility index (Phi) is 5.89. The molecule has 7 nitrogen and oxygen atoms in total. The number of anilines is 2. The van der Waals surface area contributed by atoms with Gasteiger partial charge in [0.15, 0.2) is 4.34 Å². The number of amides is 1. The van der Waals surface area contributed by atoms with E-state index < -0.39 is 15.9 Å². The maximum Gasteiger partial charge on any atom is 0.264 e. The zero-order valence-corrected chi connectivity index (χ0v) is 18.3. The number of para-hydroxylation sites is 1. The summed E-state index contributed by atoms with van der Waals surface area (Å²) >= 11 is 2.72. The van der Waals surface area contributed by atoms with E-state index in [4.69, 9.17) is 0 Å². The fourth-order valence-electron chi connectivity index (χ4n) is 3.10. The summed E-state index contributed by atoms with van der Waals surface area (Å²) in [7, 11) is -3.77. The van der Waals surface area contributed by atoms with Crippen molar-refractivity contribution in [2.24, 2.45) is 0 Å². The first-order chi connectivity index (χ1) is 14.5. The normalized spacial score (nSPS) is 13.1. The second-order valence-corrected chi connectivity index (χ2v) is 10.5. The predicted molar refractivity (Wildman–Crippen MR) is 120 cm³/mol. The highest BCUT2D eigenvalue weighted by molar-refractivity contribution is 8.01. The molecular weight excluding hydrogens is 440 g/mol. The summed E-state index contributed by atoms with van der Waals surface area (Å²) < 4.78 is 28.5. The first kappa shape index (κ1) is 20.6. The number of carbonyl (C=O) groups is 1. The van der Waals surface area contributed by atoms with Gasteiger partial charge in [0.25, 0.3) is 15.9 Å². The van der Waals surface area contributed by atoms with Crippen molar-refractivity contribution in [2.45, 2.75) is 15.7 Å². The number of hydrogen-bond donors (Lipinski definition) is 1. The van der Waals surface area contributed by atoms with Gasteiger partial charge in [0.05, 0.1) is 10.6 Å². The topological polar surface area (TPSA) is 92.3 Å². The predicted octanol–water partition coefficient (Wildman–Crippen LogP) is 3.82. The molecule has 1 aromatic heterocycles. The van der Waals surface area contributed by atoms with Crippen LogP contribution in [0.4, 0.5) is 10.8 Å². The first-order valence-electron chi connectivity index (χ1n) is 9.08. The number of nitrogens with zero attached hydrogens (tertiary/aromatic N) is 3. The number of rotatable bonds is 7. The molecule has 0 fully saturated rings. The molecule has 1 aliphatic rings. The van der Waals surface area contributed by atoms with E-state index in [2.05, 4.69) is 22.1 Å². The van der Waals surface area contributed by atoms with Crippen molar-refractivity contribution in [3.8, 4) is 0 Å². The number of nitrogens with one attached hydrogen (secondary N) is 1. The van der Waals surface area contributed by atoms with Crippen molar-refractivity contribution in [1.82, 2.24) is 10.2 Å². The molecule has 0 saturated heterocycles. The molecule has 154 valence electrons. The zero-order chi connectivity index (χ0) is 21.1. The van der Waals surface area contributed by atoms with Gasteiger partial charge in [-0.25, -0.2) is 8.42 Å². The molecular formula is C20H18N4O3S3. The molecule has 0 unspecified atom stereocenters. The Bertz CT molecular complexity index is 1210. The third kappa shape index (κ3) is 4.11. The minimum atomic E-state index is -3.77. The Labute approximate surface area is 182 Å². The Balaban J connectivity index is 1.54. The summed E-state index contributed by atoms with van der Waals surface area (Å²) in [4.78, 5) is 12.7. The fourth-order valence-corrected chi connectivity index (χ4v) is 6.16. The maximum absolute atomic E-state index is 13.2. The van der Waals surface area contributed by atoms with Crippen molar-refractivity contribution in [2.75, 3.05) is 21.9 Å². The van der Waals surface area contributed by atoms with Crippen LogP contribution in [0.5, 0.6) is 0 Å². The van der Waals surface area contributed by atoms with E-state index in [9.17, 15) is 13.2 Å². The molecule has 0 bridgehead atoms. The summed E-state index contributed by atoms with van der Waals surface area (Å²) in [5.41, 5.74) is 1.92. The molecule has 1 N–H and O–H groups in total. The van der Waals surface area contributed by atoms with E-state index >= 15 is 0 Å². The van der Waals surface area contributed by atoms with Crippen LogP contribution in [-0.2, 0) is 16.4 Å². The number of aromatic nitrogens is 2. The van der Waals surface area contributed by atoms with Crippen molar-refractivity contribution < 1.29 is 13.2 Å². The highest BCUT2D eigenvalue weighted by Crippen LogP contribution is 2.33. The van der Waals surface area contributed by atoms with Crippen LogP contribution in [0.3, 0.4) is 0 Å². The number of benzene rings is 2. The van der Waals surface area contributed by atoms with Gasteiger partial charge < -0.3 is 0 Å². The Morgan fingerprint density at radius 2 is 2.07 bits per heavy atom. The second-order valence-electron chi connectivity index (χ2n) is 6.41. The summed E-state index contributed by atoms with van der Waals surface area (Å²) in [6.45, 7) is 4.04. The van der Waals surface area contributed by atoms with Gasteiger partial charge in [-0.2, -0.15) is 0 Å². The lowest BCUT2D eigenvalue weighted by atomic mass is 10.2. The molecule has 30 heavy (non-hydrogen) atoms. The van der Waals surface area contributed by atoms with Gasteiger partial charge in [0.1, 0.15) is 0 Å². The lowest BCUT2D eigenvalue weighted by molar-refractivity contribution is 0.102. The van der Waals surface area contributed by atoms with Crippen LogP contribution in [0.2, 0.25) is 0 Å². The number of fused-ring (bicyclic) bond motifs is 1. The van der Waals surface area contributed by atoms with Crippen molar-refractivity contribution >= 4 is 49.8 Å². The van der Waals surface area contributed by atoms with Crippen molar-refractivity contribution in [3.63, 3.8) is 0 Å². The molecule has 4 rings (SSSR count). The first-order valence-corrected chi connectivity index (χ1v) is 12.3. The van der Waals surface area contributed by atoms with Crippen LogP contribution in [0.1, 0.15) is 15.9 Å². The number of hydrogen-bond acceptors (Lipinski definition) is 7. The molecule has 3 aromatic rings. The van der Waals surface area contributed by atoms with Crippen LogP contribution >= 0.6 is 23.1 Å². The van der Waals surface area contributed by atoms with Gasteiger partial charge in [0, 0.05) is 17.9 Å². The monoisotopic (exact) mass is 458 g/mol. The van der Waals surface area contributed by atoms with Crippen molar-refractivity contribution in [1.29, 1.82) is 0 Å². The minimum absolute atomic E-state index is 0.0753. The van der Waals surface area contributed by atoms with E-state index in [1.165, 1.54) is 39.5 Å². The summed E-state index contributed by atoms with van der Waals surface area (Å²) in [5.74, 6) is 0.257. The zero-order valence-electron chi connectivity index (χ0n) is 15.8. The highest BCUT2D eigenvalue weighted by atomic mass is 32.2. The van der Waals surface area contributed by atoms with E-state index in [0.29, 0.717) is 33.9 Å². The van der Waals surface area contributed by atoms with Gasteiger partial charge in [-0.15, -0.1) is 16.8 Å². The third-order valence-electron chi connectivity index (χ3n) is 4.48. The van der Waals surface area contributed by atoms with Gasteiger partial charge >= 0.3 is 0 Å². The molecule has 0 aliphatic carbocycles. The fraction of sp³-hybridized carbons (Fsp3) is 0.150. The number of sulfonamides is 1. The van der Waals surface area contributed by atoms with E-state index in [1.54, 1.807) is 24.3 Å². The Morgan fingerprint density at radius 1 is 1.23 bits per heavy atom. The lowest BCUT2D eigenvalue weighted by Gasteiger charge is -2.19. The van der Waals surface area contributed by atoms with Crippen LogP contribution in [-0.4, -0.2) is 36.8 Å². The lowest BCUT2D eigenvalue weighted by Crippen LogP contribution is -2.29.